The van der Waals surface area contributed by atoms with Crippen molar-refractivity contribution in [3.05, 3.63) is 54.1 Å². The van der Waals surface area contributed by atoms with Crippen LogP contribution in [0.3, 0.4) is 0 Å². The Morgan fingerprint density at radius 1 is 1.21 bits per heavy atom. The van der Waals surface area contributed by atoms with E-state index in [9.17, 15) is 18.3 Å². The Labute approximate surface area is 193 Å². The number of sulfonamides is 1. The molecule has 0 radical (unpaired) electrons. The maximum Gasteiger partial charge on any atom is 0.261 e. The number of nitrogens with one attached hydrogen (secondary N) is 2. The van der Waals surface area contributed by atoms with Crippen molar-refractivity contribution in [3.8, 4) is 5.75 Å². The Balaban J connectivity index is 1.51. The van der Waals surface area contributed by atoms with E-state index in [-0.39, 0.29) is 29.7 Å². The highest BCUT2D eigenvalue weighted by Gasteiger charge is 2.46. The van der Waals surface area contributed by atoms with E-state index in [2.05, 4.69) is 10.0 Å². The fraction of sp³-hybridized carbons (Fsp3) is 0.435. The molecule has 178 valence electrons. The normalized spacial score (nSPS) is 23.8. The number of fused-ring (bicyclic) bond motifs is 3. The van der Waals surface area contributed by atoms with Gasteiger partial charge >= 0.3 is 0 Å². The summed E-state index contributed by atoms with van der Waals surface area (Å²) in [6, 6.07) is 13.3. The van der Waals surface area contributed by atoms with Crippen LogP contribution in [0.15, 0.2) is 53.4 Å². The Morgan fingerprint density at radius 2 is 2.00 bits per heavy atom. The zero-order valence-electron chi connectivity index (χ0n) is 18.3. The van der Waals surface area contributed by atoms with E-state index in [0.29, 0.717) is 31.0 Å². The van der Waals surface area contributed by atoms with Crippen LogP contribution < -0.4 is 14.8 Å². The number of carbonyl (C=O) groups is 1. The van der Waals surface area contributed by atoms with Crippen LogP contribution in [-0.4, -0.2) is 64.6 Å². The zero-order valence-corrected chi connectivity index (χ0v) is 19.1. The minimum atomic E-state index is -3.73. The summed E-state index contributed by atoms with van der Waals surface area (Å²) in [5, 5.41) is 12.6. The van der Waals surface area contributed by atoms with Gasteiger partial charge in [-0.05, 0) is 36.8 Å². The maximum atomic E-state index is 12.7. The monoisotopic (exact) mass is 476 g/mol. The molecule has 0 unspecified atom stereocenters. The molecule has 2 aliphatic rings. The lowest BCUT2D eigenvalue weighted by atomic mass is 9.84. The van der Waals surface area contributed by atoms with E-state index in [0.717, 1.165) is 5.56 Å². The number of amides is 1. The van der Waals surface area contributed by atoms with Crippen LogP contribution in [0.25, 0.3) is 0 Å². The van der Waals surface area contributed by atoms with Crippen molar-refractivity contribution in [1.29, 1.82) is 0 Å². The third-order valence-corrected chi connectivity index (χ3v) is 7.24. The van der Waals surface area contributed by atoms with Gasteiger partial charge in [-0.1, -0.05) is 18.2 Å². The van der Waals surface area contributed by atoms with E-state index in [1.165, 1.54) is 12.1 Å². The quantitative estimate of drug-likeness (QED) is 0.470. The first-order chi connectivity index (χ1) is 15.9. The van der Waals surface area contributed by atoms with Crippen LogP contribution in [0.2, 0.25) is 0 Å². The molecule has 4 atom stereocenters. The van der Waals surface area contributed by atoms with Crippen molar-refractivity contribution in [2.24, 2.45) is 0 Å². The summed E-state index contributed by atoms with van der Waals surface area (Å²) in [5.41, 5.74) is 1.25. The highest BCUT2D eigenvalue weighted by Crippen LogP contribution is 2.47. The number of hydrogen-bond acceptors (Lipinski definition) is 7. The molecule has 2 aromatic carbocycles. The van der Waals surface area contributed by atoms with Gasteiger partial charge in [0.15, 0.2) is 0 Å². The van der Waals surface area contributed by atoms with Crippen LogP contribution in [0.1, 0.15) is 24.3 Å². The number of aliphatic hydroxyl groups excluding tert-OH is 1. The molecule has 0 aliphatic carbocycles. The summed E-state index contributed by atoms with van der Waals surface area (Å²) >= 11 is 0. The van der Waals surface area contributed by atoms with Gasteiger partial charge in [-0.25, -0.2) is 8.42 Å². The SMILES string of the molecule is COCCNC(=O)C[C@@H]1C[C@@H]2c3cc(NS(=O)(=O)c4ccccc4)ccc3O[C@@H]2[C@@H](CO)O1. The van der Waals surface area contributed by atoms with Crippen LogP contribution in [-0.2, 0) is 24.3 Å². The Hall–Kier alpha value is -2.66. The first-order valence-electron chi connectivity index (χ1n) is 10.8. The van der Waals surface area contributed by atoms with Gasteiger partial charge in [-0.2, -0.15) is 0 Å². The molecular formula is C23H28N2O7S. The smallest absolute Gasteiger partial charge is 0.261 e. The lowest BCUT2D eigenvalue weighted by Crippen LogP contribution is -2.47. The number of ether oxygens (including phenoxy) is 3. The standard InChI is InChI=1S/C23H28N2O7S/c1-30-10-9-24-22(27)13-16-12-19-18-11-15(25-33(28,29)17-5-3-2-4-6-17)7-8-20(18)32-23(19)21(14-26)31-16/h2-8,11,16,19,21,23,25-26H,9-10,12-14H2,1H3,(H,24,27)/t16-,19+,21+,23-/m0/s1. The highest BCUT2D eigenvalue weighted by molar-refractivity contribution is 7.92. The second kappa shape index (κ2) is 10.1. The summed E-state index contributed by atoms with van der Waals surface area (Å²) in [4.78, 5) is 12.4. The minimum absolute atomic E-state index is 0.135. The highest BCUT2D eigenvalue weighted by atomic mass is 32.2. The molecule has 2 heterocycles. The van der Waals surface area contributed by atoms with Gasteiger partial charge in [0, 0.05) is 30.8 Å². The van der Waals surface area contributed by atoms with E-state index < -0.39 is 28.3 Å². The summed E-state index contributed by atoms with van der Waals surface area (Å²) < 4.78 is 45.0. The molecule has 3 N–H and O–H groups in total. The molecule has 33 heavy (non-hydrogen) atoms. The Kier molecular flexibility index (Phi) is 7.18. The molecule has 0 bridgehead atoms. The molecule has 10 heteroatoms. The molecule has 2 aliphatic heterocycles. The molecule has 1 amide bonds. The van der Waals surface area contributed by atoms with E-state index in [1.54, 1.807) is 43.5 Å². The van der Waals surface area contributed by atoms with E-state index in [4.69, 9.17) is 14.2 Å². The van der Waals surface area contributed by atoms with Gasteiger partial charge in [-0.15, -0.1) is 0 Å². The number of anilines is 1. The first-order valence-corrected chi connectivity index (χ1v) is 12.3. The van der Waals surface area contributed by atoms with Gasteiger partial charge < -0.3 is 24.6 Å². The van der Waals surface area contributed by atoms with Crippen molar-refractivity contribution < 1.29 is 32.5 Å². The van der Waals surface area contributed by atoms with Crippen LogP contribution in [0.4, 0.5) is 5.69 Å². The van der Waals surface area contributed by atoms with Crippen LogP contribution in [0, 0.1) is 0 Å². The topological polar surface area (TPSA) is 123 Å². The lowest BCUT2D eigenvalue weighted by Gasteiger charge is -2.37. The Bertz CT molecular complexity index is 1080. The number of benzene rings is 2. The number of rotatable bonds is 9. The fourth-order valence-electron chi connectivity index (χ4n) is 4.34. The number of methoxy groups -OCH3 is 1. The largest absolute Gasteiger partial charge is 0.487 e. The van der Waals surface area contributed by atoms with E-state index >= 15 is 0 Å². The third-order valence-electron chi connectivity index (χ3n) is 5.85. The lowest BCUT2D eigenvalue weighted by molar-refractivity contribution is -0.142. The predicted octanol–water partition coefficient (Wildman–Crippen LogP) is 1.63. The van der Waals surface area contributed by atoms with Gasteiger partial charge in [0.1, 0.15) is 18.0 Å². The Morgan fingerprint density at radius 3 is 2.73 bits per heavy atom. The van der Waals surface area contributed by atoms with Gasteiger partial charge in [0.05, 0.1) is 30.6 Å². The molecule has 1 fully saturated rings. The average Bonchev–Trinajstić information content (AvgIpc) is 3.17. The summed E-state index contributed by atoms with van der Waals surface area (Å²) in [7, 11) is -2.17. The summed E-state index contributed by atoms with van der Waals surface area (Å²) in [5.74, 6) is 0.333. The molecule has 9 nitrogen and oxygen atoms in total. The van der Waals surface area contributed by atoms with Crippen molar-refractivity contribution >= 4 is 21.6 Å². The molecule has 0 spiro atoms. The number of carbonyl (C=O) groups excluding carboxylic acids is 1. The first kappa shape index (κ1) is 23.5. The summed E-state index contributed by atoms with van der Waals surface area (Å²) in [6.07, 6.45) is -0.721. The minimum Gasteiger partial charge on any atom is -0.487 e. The van der Waals surface area contributed by atoms with Crippen molar-refractivity contribution in [1.82, 2.24) is 5.32 Å². The van der Waals surface area contributed by atoms with Gasteiger partial charge in [-0.3, -0.25) is 9.52 Å². The number of hydrogen-bond donors (Lipinski definition) is 3. The van der Waals surface area contributed by atoms with Crippen molar-refractivity contribution in [2.45, 2.75) is 42.0 Å². The molecular weight excluding hydrogens is 448 g/mol. The molecule has 0 aromatic heterocycles. The van der Waals surface area contributed by atoms with Gasteiger partial charge in [0.25, 0.3) is 10.0 Å². The molecule has 1 saturated heterocycles. The average molecular weight is 477 g/mol. The van der Waals surface area contributed by atoms with Crippen LogP contribution >= 0.6 is 0 Å². The molecule has 4 rings (SSSR count). The predicted molar refractivity (Wildman–Crippen MR) is 121 cm³/mol. The zero-order chi connectivity index (χ0) is 23.4. The van der Waals surface area contributed by atoms with Gasteiger partial charge in [0.2, 0.25) is 5.91 Å². The van der Waals surface area contributed by atoms with E-state index in [1.807, 2.05) is 0 Å². The third kappa shape index (κ3) is 5.30. The second-order valence-electron chi connectivity index (χ2n) is 8.12. The van der Waals surface area contributed by atoms with Crippen molar-refractivity contribution in [2.75, 3.05) is 31.6 Å². The van der Waals surface area contributed by atoms with Crippen molar-refractivity contribution in [3.63, 3.8) is 0 Å². The molecule has 0 saturated carbocycles. The fourth-order valence-corrected chi connectivity index (χ4v) is 5.41. The number of aliphatic hydroxyl groups is 1. The maximum absolute atomic E-state index is 12.7. The van der Waals surface area contributed by atoms with Crippen LogP contribution in [0.5, 0.6) is 5.75 Å². The molecule has 2 aromatic rings. The second-order valence-corrected chi connectivity index (χ2v) is 9.80. The summed E-state index contributed by atoms with van der Waals surface area (Å²) in [6.45, 7) is 0.586.